The average molecular weight is 742 g/mol. The van der Waals surface area contributed by atoms with Crippen molar-refractivity contribution in [3.63, 3.8) is 0 Å². The van der Waals surface area contributed by atoms with Gasteiger partial charge in [0.05, 0.1) is 0 Å². The van der Waals surface area contributed by atoms with Gasteiger partial charge in [0.25, 0.3) is 0 Å². The summed E-state index contributed by atoms with van der Waals surface area (Å²) in [5, 5.41) is 8.73. The van der Waals surface area contributed by atoms with Crippen LogP contribution in [0.2, 0.25) is 0 Å². The van der Waals surface area contributed by atoms with Crippen LogP contribution < -0.4 is 0 Å². The summed E-state index contributed by atoms with van der Waals surface area (Å²) in [7, 11) is 0. The second-order valence-corrected chi connectivity index (χ2v) is 14.8. The zero-order chi connectivity index (χ0) is 38.2. The maximum absolute atomic E-state index is 6.59. The van der Waals surface area contributed by atoms with E-state index in [1.165, 1.54) is 21.9 Å². The molecule has 0 aliphatic rings. The lowest BCUT2D eigenvalue weighted by atomic mass is 9.99. The highest BCUT2D eigenvalue weighted by Crippen LogP contribution is 2.40. The lowest BCUT2D eigenvalue weighted by Crippen LogP contribution is -2.00. The SMILES string of the molecule is c1ccc(-c2ccc(-c3ccc4c(c3)oc3cccc(-c5nc(-c6ccc7ccc8ccccc8c7c6)nc(-c6ccc7oc8ccccc8c7c6)n5)c34)cc2)cc1. The molecule has 0 unspecified atom stereocenters. The molecule has 0 saturated carbocycles. The van der Waals surface area contributed by atoms with E-state index in [2.05, 4.69) is 140 Å². The van der Waals surface area contributed by atoms with E-state index in [9.17, 15) is 0 Å². The molecule has 0 atom stereocenters. The van der Waals surface area contributed by atoms with Gasteiger partial charge in [-0.1, -0.05) is 140 Å². The second-order valence-electron chi connectivity index (χ2n) is 14.8. The average Bonchev–Trinajstić information content (AvgIpc) is 3.87. The minimum atomic E-state index is 0.573. The van der Waals surface area contributed by atoms with Crippen LogP contribution in [0.1, 0.15) is 0 Å². The molecule has 12 aromatic rings. The molecular weight excluding hydrogens is 711 g/mol. The van der Waals surface area contributed by atoms with Crippen molar-refractivity contribution in [2.24, 2.45) is 0 Å². The van der Waals surface area contributed by atoms with Crippen LogP contribution in [-0.4, -0.2) is 15.0 Å². The molecule has 0 N–H and O–H groups in total. The molecule has 5 heteroatoms. The Hall–Kier alpha value is -7.89. The Morgan fingerprint density at radius 3 is 1.66 bits per heavy atom. The van der Waals surface area contributed by atoms with Crippen molar-refractivity contribution < 1.29 is 8.83 Å². The molecule has 270 valence electrons. The standard InChI is InChI=1S/C53H31N3O2/c1-2-9-32(10-3-1)33-17-19-34(20-18-33)37-25-27-42-49(31-37)58-48-16-8-14-43(50(42)48)53-55-51(38-24-23-36-22-21-35-11-4-5-12-40(35)44(36)29-38)54-52(56-53)39-26-28-47-45(30-39)41-13-6-7-15-46(41)57-47/h1-31H. The first-order valence-corrected chi connectivity index (χ1v) is 19.4. The predicted octanol–water partition coefficient (Wildman–Crippen LogP) is 14.3. The van der Waals surface area contributed by atoms with Gasteiger partial charge in [-0.2, -0.15) is 0 Å². The smallest absolute Gasteiger partial charge is 0.164 e. The van der Waals surface area contributed by atoms with Gasteiger partial charge in [-0.15, -0.1) is 0 Å². The Balaban J connectivity index is 1.03. The quantitative estimate of drug-likeness (QED) is 0.164. The van der Waals surface area contributed by atoms with E-state index in [4.69, 9.17) is 23.8 Å². The maximum Gasteiger partial charge on any atom is 0.164 e. The fraction of sp³-hybridized carbons (Fsp3) is 0. The number of nitrogens with zero attached hydrogens (tertiary/aromatic N) is 3. The number of fused-ring (bicyclic) bond motifs is 9. The third-order valence-electron chi connectivity index (χ3n) is 11.3. The number of rotatable bonds is 5. The van der Waals surface area contributed by atoms with Crippen molar-refractivity contribution in [1.82, 2.24) is 15.0 Å². The largest absolute Gasteiger partial charge is 0.456 e. The summed E-state index contributed by atoms with van der Waals surface area (Å²) in [6, 6.07) is 65.3. The Morgan fingerprint density at radius 1 is 0.276 bits per heavy atom. The highest BCUT2D eigenvalue weighted by molar-refractivity contribution is 6.13. The fourth-order valence-electron chi connectivity index (χ4n) is 8.44. The number of furan rings is 2. The summed E-state index contributed by atoms with van der Waals surface area (Å²) in [6.07, 6.45) is 0. The maximum atomic E-state index is 6.59. The van der Waals surface area contributed by atoms with Gasteiger partial charge in [-0.3, -0.25) is 0 Å². The zero-order valence-electron chi connectivity index (χ0n) is 31.1. The van der Waals surface area contributed by atoms with Gasteiger partial charge in [-0.05, 0) is 92.3 Å². The monoisotopic (exact) mass is 741 g/mol. The highest BCUT2D eigenvalue weighted by Gasteiger charge is 2.19. The minimum absolute atomic E-state index is 0.573. The topological polar surface area (TPSA) is 65.0 Å². The van der Waals surface area contributed by atoms with E-state index in [1.807, 2.05) is 48.5 Å². The molecular formula is C53H31N3O2. The Bertz CT molecular complexity index is 3570. The summed E-state index contributed by atoms with van der Waals surface area (Å²) in [5.74, 6) is 1.75. The van der Waals surface area contributed by atoms with Gasteiger partial charge in [-0.25, -0.2) is 15.0 Å². The fourth-order valence-corrected chi connectivity index (χ4v) is 8.44. The molecule has 0 spiro atoms. The normalized spacial score (nSPS) is 11.8. The Morgan fingerprint density at radius 2 is 0.828 bits per heavy atom. The van der Waals surface area contributed by atoms with Gasteiger partial charge in [0.1, 0.15) is 22.3 Å². The second kappa shape index (κ2) is 12.8. The highest BCUT2D eigenvalue weighted by atomic mass is 16.3. The molecule has 5 nitrogen and oxygen atoms in total. The molecule has 0 aliphatic heterocycles. The van der Waals surface area contributed by atoms with E-state index in [1.54, 1.807) is 0 Å². The number of benzene rings is 9. The first-order chi connectivity index (χ1) is 28.7. The zero-order valence-corrected chi connectivity index (χ0v) is 31.1. The number of para-hydroxylation sites is 1. The molecule has 0 fully saturated rings. The van der Waals surface area contributed by atoms with Gasteiger partial charge < -0.3 is 8.83 Å². The third-order valence-corrected chi connectivity index (χ3v) is 11.3. The van der Waals surface area contributed by atoms with Gasteiger partial charge >= 0.3 is 0 Å². The van der Waals surface area contributed by atoms with Crippen LogP contribution in [0.5, 0.6) is 0 Å². The van der Waals surface area contributed by atoms with Gasteiger partial charge in [0, 0.05) is 38.2 Å². The van der Waals surface area contributed by atoms with Crippen molar-refractivity contribution in [3.05, 3.63) is 188 Å². The van der Waals surface area contributed by atoms with Crippen LogP contribution in [0.4, 0.5) is 0 Å². The summed E-state index contributed by atoms with van der Waals surface area (Å²) >= 11 is 0. The van der Waals surface area contributed by atoms with Crippen LogP contribution in [0.15, 0.2) is 197 Å². The van der Waals surface area contributed by atoms with E-state index in [-0.39, 0.29) is 0 Å². The van der Waals surface area contributed by atoms with Gasteiger partial charge in [0.15, 0.2) is 17.5 Å². The van der Waals surface area contributed by atoms with Crippen LogP contribution in [0.25, 0.3) is 122 Å². The Kier molecular flexibility index (Phi) is 7.16. The predicted molar refractivity (Wildman–Crippen MR) is 237 cm³/mol. The molecule has 0 amide bonds. The van der Waals surface area contributed by atoms with E-state index in [0.717, 1.165) is 82.5 Å². The molecule has 3 aromatic heterocycles. The molecule has 0 saturated heterocycles. The van der Waals surface area contributed by atoms with Gasteiger partial charge in [0.2, 0.25) is 0 Å². The van der Waals surface area contributed by atoms with Crippen molar-refractivity contribution in [3.8, 4) is 56.4 Å². The summed E-state index contributed by atoms with van der Waals surface area (Å²) < 4.78 is 12.8. The van der Waals surface area contributed by atoms with Crippen LogP contribution >= 0.6 is 0 Å². The summed E-state index contributed by atoms with van der Waals surface area (Å²) in [6.45, 7) is 0. The lowest BCUT2D eigenvalue weighted by molar-refractivity contribution is 0.668. The molecule has 0 aliphatic carbocycles. The molecule has 3 heterocycles. The molecule has 0 radical (unpaired) electrons. The van der Waals surface area contributed by atoms with Crippen molar-refractivity contribution in [2.45, 2.75) is 0 Å². The van der Waals surface area contributed by atoms with E-state index in [0.29, 0.717) is 17.5 Å². The van der Waals surface area contributed by atoms with Crippen LogP contribution in [0.3, 0.4) is 0 Å². The first kappa shape index (κ1) is 32.4. The summed E-state index contributed by atoms with van der Waals surface area (Å²) in [5.41, 5.74) is 10.5. The molecule has 9 aromatic carbocycles. The molecule has 12 rings (SSSR count). The number of hydrogen-bond acceptors (Lipinski definition) is 5. The summed E-state index contributed by atoms with van der Waals surface area (Å²) in [4.78, 5) is 15.6. The van der Waals surface area contributed by atoms with Crippen LogP contribution in [-0.2, 0) is 0 Å². The lowest BCUT2D eigenvalue weighted by Gasteiger charge is -2.11. The number of aromatic nitrogens is 3. The third kappa shape index (κ3) is 5.29. The molecule has 0 bridgehead atoms. The minimum Gasteiger partial charge on any atom is -0.456 e. The molecule has 58 heavy (non-hydrogen) atoms. The van der Waals surface area contributed by atoms with Crippen molar-refractivity contribution >= 4 is 65.4 Å². The van der Waals surface area contributed by atoms with E-state index < -0.39 is 0 Å². The van der Waals surface area contributed by atoms with Crippen molar-refractivity contribution in [2.75, 3.05) is 0 Å². The first-order valence-electron chi connectivity index (χ1n) is 19.4. The van der Waals surface area contributed by atoms with Crippen LogP contribution in [0, 0.1) is 0 Å². The van der Waals surface area contributed by atoms with E-state index >= 15 is 0 Å². The Labute approximate surface area is 332 Å². The number of hydrogen-bond donors (Lipinski definition) is 0. The van der Waals surface area contributed by atoms with Crippen molar-refractivity contribution in [1.29, 1.82) is 0 Å².